The van der Waals surface area contributed by atoms with Gasteiger partial charge in [-0.2, -0.15) is 5.10 Å². The number of carboxylic acids is 1. The maximum Gasteiger partial charge on any atom is 0.309 e. The van der Waals surface area contributed by atoms with Crippen molar-refractivity contribution in [2.24, 2.45) is 5.41 Å². The van der Waals surface area contributed by atoms with Gasteiger partial charge in [0, 0.05) is 22.3 Å². The zero-order valence-electron chi connectivity index (χ0n) is 19.4. The second kappa shape index (κ2) is 7.68. The molecule has 1 saturated carbocycles. The molecule has 0 radical (unpaired) electrons. The van der Waals surface area contributed by atoms with Crippen LogP contribution in [0.25, 0.3) is 27.8 Å². The zero-order chi connectivity index (χ0) is 23.5. The highest BCUT2D eigenvalue weighted by Crippen LogP contribution is 2.48. The van der Waals surface area contributed by atoms with Crippen LogP contribution in [-0.2, 0) is 4.79 Å². The fourth-order valence-corrected chi connectivity index (χ4v) is 5.38. The van der Waals surface area contributed by atoms with E-state index in [0.29, 0.717) is 18.4 Å². The number of rotatable bonds is 4. The number of nitrogens with zero attached hydrogens (tertiary/aromatic N) is 3. The molecule has 0 bridgehead atoms. The van der Waals surface area contributed by atoms with Crippen LogP contribution in [-0.4, -0.2) is 30.8 Å². The second-order valence-corrected chi connectivity index (χ2v) is 10.0. The van der Waals surface area contributed by atoms with Crippen LogP contribution in [0.2, 0.25) is 0 Å². The molecule has 0 amide bonds. The van der Waals surface area contributed by atoms with E-state index in [1.807, 2.05) is 19.1 Å². The molecule has 3 heterocycles. The van der Waals surface area contributed by atoms with Crippen molar-refractivity contribution in [3.05, 3.63) is 53.1 Å². The van der Waals surface area contributed by atoms with E-state index in [1.54, 1.807) is 13.1 Å². The van der Waals surface area contributed by atoms with Crippen molar-refractivity contribution in [3.63, 3.8) is 0 Å². The molecule has 3 aromatic heterocycles. The summed E-state index contributed by atoms with van der Waals surface area (Å²) in [6, 6.07) is 7.31. The van der Waals surface area contributed by atoms with Gasteiger partial charge < -0.3 is 9.67 Å². The van der Waals surface area contributed by atoms with Crippen molar-refractivity contribution >= 4 is 28.0 Å². The standard InChI is InChI=1S/C26H29FN4O2/c1-14(2)23-21(16-7-9-26(4,10-8-16)25(32)33)22-20(12-17-13-28-30-24(17)29-22)31(23)18-5-6-19(27)15(3)11-18/h5-6,11-14,16H,7-10H2,1-4H3,(H,32,33)(H,28,29,30). The average Bonchev–Trinajstić information content (AvgIpc) is 3.36. The molecule has 1 fully saturated rings. The highest BCUT2D eigenvalue weighted by Gasteiger charge is 2.40. The first kappa shape index (κ1) is 21.6. The van der Waals surface area contributed by atoms with Gasteiger partial charge in [-0.1, -0.05) is 13.8 Å². The largest absolute Gasteiger partial charge is 0.481 e. The van der Waals surface area contributed by atoms with E-state index in [9.17, 15) is 14.3 Å². The van der Waals surface area contributed by atoms with E-state index in [4.69, 9.17) is 4.98 Å². The van der Waals surface area contributed by atoms with E-state index < -0.39 is 11.4 Å². The summed E-state index contributed by atoms with van der Waals surface area (Å²) >= 11 is 0. The van der Waals surface area contributed by atoms with Gasteiger partial charge >= 0.3 is 5.97 Å². The average molecular weight is 449 g/mol. The summed E-state index contributed by atoms with van der Waals surface area (Å²) in [6.45, 7) is 7.97. The van der Waals surface area contributed by atoms with Gasteiger partial charge in [0.1, 0.15) is 5.82 Å². The molecule has 7 heteroatoms. The maximum absolute atomic E-state index is 14.1. The molecule has 172 valence electrons. The first-order valence-corrected chi connectivity index (χ1v) is 11.6. The maximum atomic E-state index is 14.1. The summed E-state index contributed by atoms with van der Waals surface area (Å²) in [5.41, 5.74) is 5.80. The smallest absolute Gasteiger partial charge is 0.309 e. The van der Waals surface area contributed by atoms with Crippen LogP contribution in [0.15, 0.2) is 30.5 Å². The van der Waals surface area contributed by atoms with Gasteiger partial charge in [0.15, 0.2) is 5.65 Å². The van der Waals surface area contributed by atoms with Crippen molar-refractivity contribution in [2.45, 2.75) is 65.2 Å². The lowest BCUT2D eigenvalue weighted by Gasteiger charge is -2.34. The number of benzene rings is 1. The minimum Gasteiger partial charge on any atom is -0.481 e. The zero-order valence-corrected chi connectivity index (χ0v) is 19.4. The Balaban J connectivity index is 1.77. The van der Waals surface area contributed by atoms with Crippen molar-refractivity contribution in [1.29, 1.82) is 0 Å². The SMILES string of the molecule is Cc1cc(-n2c(C(C)C)c(C3CCC(C)(C(=O)O)CC3)c3nc4[nH]ncc4cc32)ccc1F. The Kier molecular flexibility index (Phi) is 5.03. The van der Waals surface area contributed by atoms with Crippen LogP contribution in [0.3, 0.4) is 0 Å². The fraction of sp³-hybridized carbons (Fsp3) is 0.423. The molecule has 5 rings (SSSR count). The quantitative estimate of drug-likeness (QED) is 0.388. The first-order chi connectivity index (χ1) is 15.7. The Hall–Kier alpha value is -3.22. The third-order valence-corrected chi connectivity index (χ3v) is 7.38. The molecule has 0 saturated heterocycles. The topological polar surface area (TPSA) is 83.8 Å². The number of halogens is 1. The Morgan fingerprint density at radius 2 is 2.00 bits per heavy atom. The van der Waals surface area contributed by atoms with Crippen LogP contribution in [0.4, 0.5) is 4.39 Å². The number of aromatic nitrogens is 4. The van der Waals surface area contributed by atoms with E-state index in [-0.39, 0.29) is 17.7 Å². The summed E-state index contributed by atoms with van der Waals surface area (Å²) < 4.78 is 16.3. The number of H-pyrrole nitrogens is 1. The number of carboxylic acid groups (broad SMARTS) is 1. The lowest BCUT2D eigenvalue weighted by molar-refractivity contribution is -0.149. The third kappa shape index (κ3) is 3.41. The van der Waals surface area contributed by atoms with Gasteiger partial charge in [-0.3, -0.25) is 9.89 Å². The van der Waals surface area contributed by atoms with Crippen molar-refractivity contribution in [2.75, 3.05) is 0 Å². The minimum atomic E-state index is -0.716. The van der Waals surface area contributed by atoms with Gasteiger partial charge in [-0.05, 0) is 81.2 Å². The number of fused-ring (bicyclic) bond motifs is 2. The predicted molar refractivity (Wildman–Crippen MR) is 126 cm³/mol. The van der Waals surface area contributed by atoms with E-state index in [0.717, 1.165) is 46.3 Å². The molecule has 33 heavy (non-hydrogen) atoms. The van der Waals surface area contributed by atoms with Crippen LogP contribution < -0.4 is 0 Å². The number of carbonyl (C=O) groups is 1. The molecule has 4 aromatic rings. The molecule has 0 aliphatic heterocycles. The molecule has 1 aromatic carbocycles. The normalized spacial score (nSPS) is 21.3. The Morgan fingerprint density at radius 3 is 2.64 bits per heavy atom. The van der Waals surface area contributed by atoms with Gasteiger partial charge in [0.05, 0.1) is 22.6 Å². The number of hydrogen-bond donors (Lipinski definition) is 2. The lowest BCUT2D eigenvalue weighted by Crippen LogP contribution is -2.32. The van der Waals surface area contributed by atoms with Crippen LogP contribution in [0.5, 0.6) is 0 Å². The number of aromatic amines is 1. The van der Waals surface area contributed by atoms with Gasteiger partial charge in [-0.15, -0.1) is 0 Å². The molecule has 6 nitrogen and oxygen atoms in total. The summed E-state index contributed by atoms with van der Waals surface area (Å²) in [6.07, 6.45) is 4.64. The van der Waals surface area contributed by atoms with E-state index >= 15 is 0 Å². The predicted octanol–water partition coefficient (Wildman–Crippen LogP) is 6.22. The molecule has 1 aliphatic carbocycles. The van der Waals surface area contributed by atoms with E-state index in [1.165, 1.54) is 11.6 Å². The monoisotopic (exact) mass is 448 g/mol. The van der Waals surface area contributed by atoms with E-state index in [2.05, 4.69) is 34.7 Å². The van der Waals surface area contributed by atoms with Crippen LogP contribution in [0.1, 0.15) is 75.1 Å². The summed E-state index contributed by atoms with van der Waals surface area (Å²) in [4.78, 5) is 16.8. The third-order valence-electron chi connectivity index (χ3n) is 7.38. The Labute approximate surface area is 191 Å². The molecular formula is C26H29FN4O2. The number of nitrogens with one attached hydrogen (secondary N) is 1. The summed E-state index contributed by atoms with van der Waals surface area (Å²) in [5, 5.41) is 17.8. The van der Waals surface area contributed by atoms with Crippen LogP contribution >= 0.6 is 0 Å². The number of pyridine rings is 1. The van der Waals surface area contributed by atoms with Gasteiger partial charge in [-0.25, -0.2) is 9.37 Å². The van der Waals surface area contributed by atoms with Crippen molar-refractivity contribution in [1.82, 2.24) is 19.7 Å². The van der Waals surface area contributed by atoms with Crippen molar-refractivity contribution in [3.8, 4) is 5.69 Å². The summed E-state index contributed by atoms with van der Waals surface area (Å²) in [5.74, 6) is -0.527. The Bertz CT molecular complexity index is 1380. The Morgan fingerprint density at radius 1 is 1.27 bits per heavy atom. The molecule has 1 aliphatic rings. The fourth-order valence-electron chi connectivity index (χ4n) is 5.38. The van der Waals surface area contributed by atoms with Gasteiger partial charge in [0.2, 0.25) is 0 Å². The summed E-state index contributed by atoms with van der Waals surface area (Å²) in [7, 11) is 0. The molecular weight excluding hydrogens is 419 g/mol. The molecule has 0 unspecified atom stereocenters. The highest BCUT2D eigenvalue weighted by atomic mass is 19.1. The highest BCUT2D eigenvalue weighted by molar-refractivity contribution is 5.93. The van der Waals surface area contributed by atoms with Crippen LogP contribution in [0, 0.1) is 18.2 Å². The van der Waals surface area contributed by atoms with Gasteiger partial charge in [0.25, 0.3) is 0 Å². The number of aliphatic carboxylic acids is 1. The molecule has 0 atom stereocenters. The number of hydrogen-bond acceptors (Lipinski definition) is 3. The number of aryl methyl sites for hydroxylation is 1. The lowest BCUT2D eigenvalue weighted by atomic mass is 9.69. The van der Waals surface area contributed by atoms with Crippen molar-refractivity contribution < 1.29 is 14.3 Å². The molecule has 2 N–H and O–H groups in total. The minimum absolute atomic E-state index is 0.198. The molecule has 0 spiro atoms. The first-order valence-electron chi connectivity index (χ1n) is 11.6. The second-order valence-electron chi connectivity index (χ2n) is 10.0.